The highest BCUT2D eigenvalue weighted by molar-refractivity contribution is 9.10. The molecule has 0 fully saturated rings. The Kier molecular flexibility index (Phi) is 5.75. The van der Waals surface area contributed by atoms with Crippen molar-refractivity contribution in [3.63, 3.8) is 0 Å². The van der Waals surface area contributed by atoms with E-state index in [1.54, 1.807) is 52.0 Å². The number of carbonyl (C=O) groups is 1. The lowest BCUT2D eigenvalue weighted by atomic mass is 10.2. The van der Waals surface area contributed by atoms with Crippen LogP contribution < -0.4 is 10.9 Å². The number of nitrogens with zero attached hydrogens (tertiary/aromatic N) is 2. The first kappa shape index (κ1) is 21.0. The predicted molar refractivity (Wildman–Crippen MR) is 113 cm³/mol. The van der Waals surface area contributed by atoms with Gasteiger partial charge in [0.05, 0.1) is 22.6 Å². The van der Waals surface area contributed by atoms with Crippen LogP contribution in [0.5, 0.6) is 0 Å². The minimum atomic E-state index is -0.677. The number of hydrogen-bond acceptors (Lipinski definition) is 4. The second-order valence-corrected chi connectivity index (χ2v) is 8.45. The summed E-state index contributed by atoms with van der Waals surface area (Å²) in [6.45, 7) is 6.95. The average molecular weight is 462 g/mol. The zero-order valence-corrected chi connectivity index (χ0v) is 18.1. The normalized spacial score (nSPS) is 12.6. The van der Waals surface area contributed by atoms with E-state index in [-0.39, 0.29) is 11.4 Å². The molecule has 0 aliphatic carbocycles. The summed E-state index contributed by atoms with van der Waals surface area (Å²) in [5, 5.41) is 3.06. The van der Waals surface area contributed by atoms with E-state index < -0.39 is 23.6 Å². The lowest BCUT2D eigenvalue weighted by molar-refractivity contribution is 0.0505. The molecule has 0 aliphatic heterocycles. The van der Waals surface area contributed by atoms with Crippen molar-refractivity contribution in [2.24, 2.45) is 0 Å². The van der Waals surface area contributed by atoms with Gasteiger partial charge in [-0.1, -0.05) is 12.1 Å². The van der Waals surface area contributed by atoms with Gasteiger partial charge in [0.1, 0.15) is 17.2 Å². The van der Waals surface area contributed by atoms with Gasteiger partial charge in [0, 0.05) is 4.47 Å². The van der Waals surface area contributed by atoms with Crippen LogP contribution in [0, 0.1) is 5.82 Å². The van der Waals surface area contributed by atoms with Crippen molar-refractivity contribution in [1.29, 1.82) is 0 Å². The quantitative estimate of drug-likeness (QED) is 0.603. The van der Waals surface area contributed by atoms with Gasteiger partial charge >= 0.3 is 6.09 Å². The van der Waals surface area contributed by atoms with Crippen LogP contribution in [0.15, 0.2) is 51.7 Å². The van der Waals surface area contributed by atoms with Crippen molar-refractivity contribution < 1.29 is 13.9 Å². The van der Waals surface area contributed by atoms with E-state index >= 15 is 0 Å². The third kappa shape index (κ3) is 4.64. The summed E-state index contributed by atoms with van der Waals surface area (Å²) in [5.41, 5.74) is -0.271. The first-order valence-corrected chi connectivity index (χ1v) is 9.83. The average Bonchev–Trinajstić information content (AvgIpc) is 2.59. The van der Waals surface area contributed by atoms with Crippen LogP contribution in [0.1, 0.15) is 39.6 Å². The molecule has 0 saturated heterocycles. The summed E-state index contributed by atoms with van der Waals surface area (Å²) in [6.07, 6.45) is -0.639. The number of fused-ring (bicyclic) bond motifs is 1. The van der Waals surface area contributed by atoms with Gasteiger partial charge in [-0.3, -0.25) is 9.36 Å². The monoisotopic (exact) mass is 461 g/mol. The van der Waals surface area contributed by atoms with Crippen LogP contribution in [0.4, 0.5) is 9.18 Å². The van der Waals surface area contributed by atoms with Gasteiger partial charge in [-0.15, -0.1) is 0 Å². The molecule has 3 aromatic rings. The molecule has 1 N–H and O–H groups in total. The van der Waals surface area contributed by atoms with Crippen LogP contribution in [-0.2, 0) is 4.74 Å². The molecule has 0 aliphatic rings. The van der Waals surface area contributed by atoms with Crippen molar-refractivity contribution >= 4 is 32.9 Å². The smallest absolute Gasteiger partial charge is 0.408 e. The third-order valence-electron chi connectivity index (χ3n) is 4.06. The van der Waals surface area contributed by atoms with Crippen molar-refractivity contribution in [2.75, 3.05) is 0 Å². The number of aromatic nitrogens is 2. The summed E-state index contributed by atoms with van der Waals surface area (Å²) in [7, 11) is 0. The molecule has 8 heteroatoms. The standard InChI is InChI=1S/C21H21BrFN3O3/c1-12(24-20(28)29-21(2,3)4)18-25-16-10-6-9-15(22)17(16)19(27)26(18)14-8-5-7-13(23)11-14/h5-12H,1-4H3,(H,24,28)/t12-/m0/s1. The Balaban J connectivity index is 2.18. The fourth-order valence-corrected chi connectivity index (χ4v) is 3.44. The molecule has 29 heavy (non-hydrogen) atoms. The van der Waals surface area contributed by atoms with Crippen molar-refractivity contribution in [3.05, 3.63) is 68.9 Å². The van der Waals surface area contributed by atoms with Crippen molar-refractivity contribution in [1.82, 2.24) is 14.9 Å². The van der Waals surface area contributed by atoms with Gasteiger partial charge in [-0.2, -0.15) is 0 Å². The maximum absolute atomic E-state index is 13.9. The van der Waals surface area contributed by atoms with E-state index in [2.05, 4.69) is 26.2 Å². The molecular weight excluding hydrogens is 441 g/mol. The van der Waals surface area contributed by atoms with Gasteiger partial charge < -0.3 is 10.1 Å². The summed E-state index contributed by atoms with van der Waals surface area (Å²) in [5.74, 6) is -0.225. The SMILES string of the molecule is C[C@H](NC(=O)OC(C)(C)C)c1nc2cccc(Br)c2c(=O)n1-c1cccc(F)c1. The molecule has 6 nitrogen and oxygen atoms in total. The van der Waals surface area contributed by atoms with Gasteiger partial charge in [-0.05, 0) is 74.0 Å². The lowest BCUT2D eigenvalue weighted by Gasteiger charge is -2.23. The number of carbonyl (C=O) groups excluding carboxylic acids is 1. The zero-order valence-electron chi connectivity index (χ0n) is 16.5. The van der Waals surface area contributed by atoms with E-state index in [1.807, 2.05) is 0 Å². The van der Waals surface area contributed by atoms with Gasteiger partial charge in [0.15, 0.2) is 0 Å². The first-order valence-electron chi connectivity index (χ1n) is 9.03. The Hall–Kier alpha value is -2.74. The number of amides is 1. The predicted octanol–water partition coefficient (Wildman–Crippen LogP) is 4.87. The zero-order chi connectivity index (χ0) is 21.3. The van der Waals surface area contributed by atoms with Crippen molar-refractivity contribution in [2.45, 2.75) is 39.3 Å². The van der Waals surface area contributed by atoms with E-state index in [0.717, 1.165) is 0 Å². The molecule has 152 valence electrons. The molecule has 1 heterocycles. The third-order valence-corrected chi connectivity index (χ3v) is 4.72. The molecule has 1 aromatic heterocycles. The highest BCUT2D eigenvalue weighted by Crippen LogP contribution is 2.23. The number of benzene rings is 2. The summed E-state index contributed by atoms with van der Waals surface area (Å²) in [4.78, 5) is 30.2. The molecule has 3 rings (SSSR count). The maximum Gasteiger partial charge on any atom is 0.408 e. The highest BCUT2D eigenvalue weighted by atomic mass is 79.9. The molecule has 1 amide bonds. The largest absolute Gasteiger partial charge is 0.444 e. The summed E-state index contributed by atoms with van der Waals surface area (Å²) < 4.78 is 21.1. The number of rotatable bonds is 3. The van der Waals surface area contributed by atoms with Crippen LogP contribution in [0.2, 0.25) is 0 Å². The molecule has 1 atom stereocenters. The topological polar surface area (TPSA) is 73.2 Å². The minimum absolute atomic E-state index is 0.261. The number of halogens is 2. The second kappa shape index (κ2) is 7.94. The second-order valence-electron chi connectivity index (χ2n) is 7.59. The molecule has 0 saturated carbocycles. The Morgan fingerprint density at radius 2 is 1.93 bits per heavy atom. The van der Waals surface area contributed by atoms with E-state index in [4.69, 9.17) is 4.74 Å². The number of alkyl carbamates (subject to hydrolysis) is 1. The fraction of sp³-hybridized carbons (Fsp3) is 0.286. The van der Waals surface area contributed by atoms with Crippen LogP contribution in [0.3, 0.4) is 0 Å². The molecule has 0 bridgehead atoms. The van der Waals surface area contributed by atoms with Gasteiger partial charge in [0.2, 0.25) is 0 Å². The molecule has 0 unspecified atom stereocenters. The minimum Gasteiger partial charge on any atom is -0.444 e. The highest BCUT2D eigenvalue weighted by Gasteiger charge is 2.23. The first-order chi connectivity index (χ1) is 13.6. The van der Waals surface area contributed by atoms with Gasteiger partial charge in [-0.25, -0.2) is 14.2 Å². The Morgan fingerprint density at radius 1 is 1.24 bits per heavy atom. The summed E-state index contributed by atoms with van der Waals surface area (Å²) >= 11 is 3.39. The number of nitrogens with one attached hydrogen (secondary N) is 1. The number of hydrogen-bond donors (Lipinski definition) is 1. The molecular formula is C21H21BrFN3O3. The fourth-order valence-electron chi connectivity index (χ4n) is 2.91. The Morgan fingerprint density at radius 3 is 2.59 bits per heavy atom. The molecule has 0 spiro atoms. The summed E-state index contributed by atoms with van der Waals surface area (Å²) in [6, 6.07) is 10.2. The van der Waals surface area contributed by atoms with E-state index in [0.29, 0.717) is 21.1 Å². The Bertz CT molecular complexity index is 1140. The molecule has 2 aromatic carbocycles. The van der Waals surface area contributed by atoms with E-state index in [1.165, 1.54) is 22.8 Å². The van der Waals surface area contributed by atoms with Crippen LogP contribution in [0.25, 0.3) is 16.6 Å². The lowest BCUT2D eigenvalue weighted by Crippen LogP contribution is -2.37. The number of ether oxygens (including phenoxy) is 1. The van der Waals surface area contributed by atoms with Crippen LogP contribution >= 0.6 is 15.9 Å². The Labute approximate surface area is 175 Å². The molecule has 0 radical (unpaired) electrons. The maximum atomic E-state index is 13.9. The van der Waals surface area contributed by atoms with Crippen LogP contribution in [-0.4, -0.2) is 21.2 Å². The van der Waals surface area contributed by atoms with Gasteiger partial charge in [0.25, 0.3) is 5.56 Å². The van der Waals surface area contributed by atoms with E-state index in [9.17, 15) is 14.0 Å². The van der Waals surface area contributed by atoms with Crippen molar-refractivity contribution in [3.8, 4) is 5.69 Å².